The molecule has 466 valence electrons. The molecule has 0 radical (unpaired) electrons. The van der Waals surface area contributed by atoms with Crippen LogP contribution in [0.1, 0.15) is 127 Å². The highest BCUT2D eigenvalue weighted by Crippen LogP contribution is 2.41. The summed E-state index contributed by atoms with van der Waals surface area (Å²) in [5.41, 5.74) is 2.08. The Labute approximate surface area is 509 Å². The Morgan fingerprint density at radius 3 is 1.34 bits per heavy atom. The van der Waals surface area contributed by atoms with E-state index in [-0.39, 0.29) is 45.4 Å². The number of hydrogen-bond acceptors (Lipinski definition) is 14. The van der Waals surface area contributed by atoms with Crippen LogP contribution in [0.3, 0.4) is 0 Å². The van der Waals surface area contributed by atoms with E-state index >= 15 is 0 Å². The number of amides is 2. The van der Waals surface area contributed by atoms with Gasteiger partial charge in [0, 0.05) is 48.5 Å². The molecule has 0 aliphatic carbocycles. The van der Waals surface area contributed by atoms with E-state index in [1.54, 1.807) is 72.7 Å². The van der Waals surface area contributed by atoms with Gasteiger partial charge in [0.05, 0.1) is 45.0 Å². The van der Waals surface area contributed by atoms with E-state index < -0.39 is 90.3 Å². The van der Waals surface area contributed by atoms with E-state index in [9.17, 15) is 53.6 Å². The molecule has 1 aliphatic rings. The van der Waals surface area contributed by atoms with Gasteiger partial charge < -0.3 is 38.3 Å². The van der Waals surface area contributed by atoms with E-state index in [4.69, 9.17) is 27.6 Å². The van der Waals surface area contributed by atoms with E-state index in [2.05, 4.69) is 10.6 Å². The molecule has 0 spiro atoms. The van der Waals surface area contributed by atoms with Crippen LogP contribution in [0.25, 0.3) is 55.7 Å². The average Bonchev–Trinajstić information content (AvgIpc) is 2.65. The molecule has 2 aromatic heterocycles. The highest BCUT2D eigenvalue weighted by Gasteiger charge is 2.52. The number of carbonyl (C=O) groups is 4. The molecule has 2 N–H and O–H groups in total. The molecule has 3 heterocycles. The molecular weight excluding hydrogens is 1180 g/mol. The molecule has 0 bridgehead atoms. The fourth-order valence-electron chi connectivity index (χ4n) is 9.24. The Kier molecular flexibility index (Phi) is 19.6. The van der Waals surface area contributed by atoms with Gasteiger partial charge in [0.1, 0.15) is 57.2 Å². The van der Waals surface area contributed by atoms with Gasteiger partial charge in [-0.05, 0) is 207 Å². The van der Waals surface area contributed by atoms with Gasteiger partial charge in [-0.1, -0.05) is 12.1 Å². The maximum Gasteiger partial charge on any atom is 0.494 e. The van der Waals surface area contributed by atoms with Crippen LogP contribution in [0.2, 0.25) is 0 Å². The lowest BCUT2D eigenvalue weighted by atomic mass is 9.78. The number of aryl methyl sites for hydroxylation is 1. The third kappa shape index (κ3) is 16.1. The summed E-state index contributed by atoms with van der Waals surface area (Å²) in [6.07, 6.45) is 2.23. The van der Waals surface area contributed by atoms with Crippen LogP contribution in [0.5, 0.6) is 0 Å². The number of hydrogen-bond donors (Lipinski definition) is 2. The molecule has 9 rings (SSSR count). The third-order valence-electron chi connectivity index (χ3n) is 14.0. The number of esters is 2. The first-order valence-corrected chi connectivity index (χ1v) is 31.7. The smallest absolute Gasteiger partial charge is 0.456 e. The lowest BCUT2D eigenvalue weighted by molar-refractivity contribution is 0.00519. The Morgan fingerprint density at radius 2 is 0.920 bits per heavy atom. The second kappa shape index (κ2) is 25.5. The van der Waals surface area contributed by atoms with E-state index in [1.165, 1.54) is 99.2 Å². The Hall–Kier alpha value is -8.12. The summed E-state index contributed by atoms with van der Waals surface area (Å²) in [5.74, 6) is -4.70. The quantitative estimate of drug-likeness (QED) is 0.0660. The van der Waals surface area contributed by atoms with Gasteiger partial charge >= 0.3 is 19.1 Å². The predicted molar refractivity (Wildman–Crippen MR) is 330 cm³/mol. The Bertz CT molecular complexity index is 4230. The fraction of sp³-hybridized carbons (Fsp3) is 0.323. The van der Waals surface area contributed by atoms with Crippen molar-refractivity contribution in [3.63, 3.8) is 0 Å². The van der Waals surface area contributed by atoms with Crippen LogP contribution in [-0.4, -0.2) is 96.7 Å². The molecular formula is C65H69BF4N2O14S2. The molecule has 23 heteroatoms. The summed E-state index contributed by atoms with van der Waals surface area (Å²) in [7, 11) is -4.45. The largest absolute Gasteiger partial charge is 0.494 e. The number of sulfone groups is 2. The summed E-state index contributed by atoms with van der Waals surface area (Å²) in [6, 6.07) is 25.5. The number of rotatable bonds is 12. The highest BCUT2D eigenvalue weighted by atomic mass is 32.2. The maximum absolute atomic E-state index is 14.7. The fourth-order valence-corrected chi connectivity index (χ4v) is 10.9. The van der Waals surface area contributed by atoms with Gasteiger partial charge in [0.25, 0.3) is 11.8 Å². The van der Waals surface area contributed by atoms with Crippen molar-refractivity contribution in [1.82, 2.24) is 10.6 Å². The van der Waals surface area contributed by atoms with Crippen LogP contribution in [0.4, 0.5) is 17.6 Å². The molecule has 2 amide bonds. The van der Waals surface area contributed by atoms with Gasteiger partial charge in [-0.2, -0.15) is 0 Å². The second-order valence-corrected chi connectivity index (χ2v) is 28.5. The van der Waals surface area contributed by atoms with E-state index in [1.807, 2.05) is 27.7 Å². The zero-order chi connectivity index (χ0) is 65.4. The average molecular weight is 1250 g/mol. The van der Waals surface area contributed by atoms with Crippen molar-refractivity contribution in [2.45, 2.75) is 110 Å². The molecule has 16 nitrogen and oxygen atoms in total. The van der Waals surface area contributed by atoms with Gasteiger partial charge in [-0.25, -0.2) is 44.0 Å². The number of ether oxygens (including phenoxy) is 2. The van der Waals surface area contributed by atoms with Crippen molar-refractivity contribution in [2.24, 2.45) is 0 Å². The molecule has 0 saturated carbocycles. The first kappa shape index (κ1) is 67.4. The molecule has 1 saturated heterocycles. The van der Waals surface area contributed by atoms with Crippen molar-refractivity contribution in [2.75, 3.05) is 26.6 Å². The summed E-state index contributed by atoms with van der Waals surface area (Å²) in [4.78, 5) is 50.3. The standard InChI is InChI=1S/C29H27F2NO6S.C19H18FNO4S.C17H24BFO4/c1-29(2,3)38-28(34)21-12-17(8-11-23(21)31)20-14-22-24(13-18(20)15-39(5,35)36)37-26(25(22)27(33)32-4)16-6-9-19(30)10-7-16;1-11-8-15-16(9-13(11)10-26(3,23)24)25-18(17(15)19(22)21-2)12-4-6-14(20)7-5-12;1-15(2,3)21-14(20)12-10-11(8-9-13(12)19)18-22-16(4,5)17(6,7)23-18/h6-14H,15H2,1-5H3,(H,32,33);4-9H,10H2,1-3H3,(H,21,22);8-10H,1-7H3. The summed E-state index contributed by atoms with van der Waals surface area (Å²) < 4.78 is 138. The molecule has 0 atom stereocenters. The SMILES string of the molecule is CC(C)(C)OC(=O)c1cc(B2OC(C)(C)C(C)(C)O2)ccc1F.CNC(=O)c1c(-c2ccc(F)cc2)oc2cc(CS(C)(=O)=O)c(-c3ccc(F)c(C(=O)OC(C)(C)C)c3)cc12.CNC(=O)c1c(-c2ccc(F)cc2)oc2cc(CS(C)(=O)=O)c(C)cc12. The van der Waals surface area contributed by atoms with Crippen molar-refractivity contribution in [3.8, 4) is 33.8 Å². The van der Waals surface area contributed by atoms with E-state index in [0.29, 0.717) is 66.5 Å². The predicted octanol–water partition coefficient (Wildman–Crippen LogP) is 12.4. The van der Waals surface area contributed by atoms with Crippen LogP contribution in [0.15, 0.2) is 118 Å². The minimum Gasteiger partial charge on any atom is -0.456 e. The topological polar surface area (TPSA) is 224 Å². The number of carbonyl (C=O) groups excluding carboxylic acids is 4. The zero-order valence-electron chi connectivity index (χ0n) is 51.4. The normalized spacial score (nSPS) is 13.9. The zero-order valence-corrected chi connectivity index (χ0v) is 53.1. The molecule has 1 aliphatic heterocycles. The van der Waals surface area contributed by atoms with Crippen LogP contribution >= 0.6 is 0 Å². The van der Waals surface area contributed by atoms with Gasteiger partial charge in [-0.15, -0.1) is 0 Å². The van der Waals surface area contributed by atoms with Gasteiger partial charge in [-0.3, -0.25) is 9.59 Å². The van der Waals surface area contributed by atoms with Gasteiger partial charge in [0.2, 0.25) is 0 Å². The molecule has 0 unspecified atom stereocenters. The van der Waals surface area contributed by atoms with Crippen LogP contribution < -0.4 is 16.1 Å². The highest BCUT2D eigenvalue weighted by molar-refractivity contribution is 7.90. The van der Waals surface area contributed by atoms with Crippen molar-refractivity contribution < 1.29 is 81.2 Å². The summed E-state index contributed by atoms with van der Waals surface area (Å²) >= 11 is 0. The number of halogens is 4. The molecule has 8 aromatic rings. The minimum atomic E-state index is -3.54. The Balaban J connectivity index is 0.000000197. The first-order chi connectivity index (χ1) is 40.7. The number of nitrogens with one attached hydrogen (secondary N) is 2. The van der Waals surface area contributed by atoms with E-state index in [0.717, 1.165) is 17.9 Å². The molecule has 88 heavy (non-hydrogen) atoms. The van der Waals surface area contributed by atoms with Crippen LogP contribution in [0, 0.1) is 30.2 Å². The Morgan fingerprint density at radius 1 is 0.534 bits per heavy atom. The van der Waals surface area contributed by atoms with Crippen molar-refractivity contribution >= 4 is 77.9 Å². The summed E-state index contributed by atoms with van der Waals surface area (Å²) in [5, 5.41) is 6.08. The monoisotopic (exact) mass is 1250 g/mol. The van der Waals surface area contributed by atoms with Crippen molar-refractivity contribution in [1.29, 1.82) is 0 Å². The lowest BCUT2D eigenvalue weighted by Crippen LogP contribution is -2.41. The van der Waals surface area contributed by atoms with Gasteiger partial charge in [0.15, 0.2) is 19.7 Å². The lowest BCUT2D eigenvalue weighted by Gasteiger charge is -2.32. The maximum atomic E-state index is 14.7. The van der Waals surface area contributed by atoms with Crippen LogP contribution in [-0.2, 0) is 50.0 Å². The number of benzene rings is 6. The summed E-state index contributed by atoms with van der Waals surface area (Å²) in [6.45, 7) is 19.7. The van der Waals surface area contributed by atoms with Crippen molar-refractivity contribution in [3.05, 3.63) is 171 Å². The second-order valence-electron chi connectivity index (χ2n) is 24.2. The number of furan rings is 2. The molecule has 1 fully saturated rings. The third-order valence-corrected chi connectivity index (χ3v) is 15.7. The first-order valence-electron chi connectivity index (χ1n) is 27.6. The molecule has 6 aromatic carbocycles. The minimum absolute atomic E-state index is 0.114. The number of fused-ring (bicyclic) bond motifs is 2.